The van der Waals surface area contributed by atoms with Crippen LogP contribution in [0.25, 0.3) is 0 Å². The van der Waals surface area contributed by atoms with E-state index in [1.54, 1.807) is 85.2 Å². The lowest BCUT2D eigenvalue weighted by Crippen LogP contribution is -2.30. The zero-order chi connectivity index (χ0) is 28.4. The van der Waals surface area contributed by atoms with Gasteiger partial charge in [0.05, 0.1) is 41.8 Å². The van der Waals surface area contributed by atoms with E-state index in [2.05, 4.69) is 10.3 Å². The number of hydrogen-bond donors (Lipinski definition) is 3. The summed E-state index contributed by atoms with van der Waals surface area (Å²) < 4.78 is 34.4. The number of carbonyl (C=O) groups is 2. The predicted octanol–water partition coefficient (Wildman–Crippen LogP) is 4.93. The van der Waals surface area contributed by atoms with E-state index in [0.717, 1.165) is 11.1 Å². The van der Waals surface area contributed by atoms with Gasteiger partial charge >= 0.3 is 6.09 Å². The normalized spacial score (nSPS) is 10.5. The zero-order valence-corrected chi connectivity index (χ0v) is 22.1. The molecule has 0 aliphatic heterocycles. The topological polar surface area (TPSA) is 152 Å². The molecule has 2 amide bonds. The highest BCUT2D eigenvalue weighted by molar-refractivity contribution is 7.85. The summed E-state index contributed by atoms with van der Waals surface area (Å²) in [5.74, 6) is -0.262. The van der Waals surface area contributed by atoms with Gasteiger partial charge in [-0.1, -0.05) is 42.0 Å². The number of ether oxygens (including phenoxy) is 1. The number of nitrogens with two attached hydrogens (primary N) is 1. The third-order valence-electron chi connectivity index (χ3n) is 5.44. The molecule has 0 saturated heterocycles. The molecule has 4 aromatic rings. The molecule has 0 spiro atoms. The fraction of sp³-hybridized carbons (Fsp3) is 0.107. The van der Waals surface area contributed by atoms with E-state index < -0.39 is 16.2 Å². The second kappa shape index (κ2) is 13.2. The van der Waals surface area contributed by atoms with E-state index in [1.807, 2.05) is 6.92 Å². The van der Waals surface area contributed by atoms with Gasteiger partial charge in [0.15, 0.2) is 0 Å². The Bertz CT molecular complexity index is 1510. The van der Waals surface area contributed by atoms with Crippen LogP contribution in [0, 0.1) is 6.92 Å². The lowest BCUT2D eigenvalue weighted by atomic mass is 10.1. The van der Waals surface area contributed by atoms with Gasteiger partial charge in [-0.25, -0.2) is 4.79 Å². The molecule has 202 valence electrons. The van der Waals surface area contributed by atoms with Crippen LogP contribution < -0.4 is 16.0 Å². The Morgan fingerprint density at radius 2 is 1.64 bits per heavy atom. The highest BCUT2D eigenvalue weighted by atomic mass is 32.2. The molecule has 0 aliphatic carbocycles. The summed E-state index contributed by atoms with van der Waals surface area (Å²) in [6.45, 7) is 2.12. The number of pyridine rings is 1. The molecule has 0 unspecified atom stereocenters. The number of nitrogen functional groups attached to an aromatic ring is 1. The molecule has 0 saturated carbocycles. The maximum atomic E-state index is 12.4. The monoisotopic (exact) mass is 548 g/mol. The molecular weight excluding hydrogens is 520 g/mol. The lowest BCUT2D eigenvalue weighted by molar-refractivity contribution is 0.102. The van der Waals surface area contributed by atoms with Crippen LogP contribution in [0.3, 0.4) is 0 Å². The van der Waals surface area contributed by atoms with Crippen molar-refractivity contribution in [2.75, 3.05) is 23.1 Å². The molecule has 0 aliphatic rings. The first-order valence-corrected chi connectivity index (χ1v) is 13.1. The first-order valence-electron chi connectivity index (χ1n) is 11.6. The van der Waals surface area contributed by atoms with Gasteiger partial charge in [0.25, 0.3) is 16.0 Å². The fourth-order valence-corrected chi connectivity index (χ4v) is 3.82. The summed E-state index contributed by atoms with van der Waals surface area (Å²) in [5, 5.41) is 2.78. The van der Waals surface area contributed by atoms with Crippen LogP contribution in [-0.2, 0) is 21.4 Å². The Kier molecular flexibility index (Phi) is 9.74. The number of aromatic nitrogens is 1. The maximum Gasteiger partial charge on any atom is 0.414 e. The summed E-state index contributed by atoms with van der Waals surface area (Å²) in [6.07, 6.45) is 2.73. The van der Waals surface area contributed by atoms with Gasteiger partial charge < -0.3 is 15.8 Å². The molecule has 0 bridgehead atoms. The molecule has 1 aromatic heterocycles. The summed E-state index contributed by atoms with van der Waals surface area (Å²) >= 11 is 0. The Labute approximate surface area is 226 Å². The zero-order valence-electron chi connectivity index (χ0n) is 21.3. The molecule has 4 rings (SSSR count). The van der Waals surface area contributed by atoms with E-state index in [1.165, 1.54) is 24.1 Å². The quantitative estimate of drug-likeness (QED) is 0.227. The number of rotatable bonds is 6. The van der Waals surface area contributed by atoms with Crippen molar-refractivity contribution >= 4 is 39.2 Å². The Hall–Kier alpha value is -4.74. The van der Waals surface area contributed by atoms with Crippen LogP contribution in [0.5, 0.6) is 0 Å². The molecule has 0 fully saturated rings. The molecule has 0 radical (unpaired) electrons. The number of hydrogen-bond acceptors (Lipinski definition) is 7. The SMILES string of the molecule is COC(=O)N(Cc1ccc(C(=O)Nc2ccccc2N)cc1)c1cccnc1.Cc1ccc(S(=O)(=O)O)cc1. The smallest absolute Gasteiger partial charge is 0.414 e. The molecule has 11 heteroatoms. The first kappa shape index (κ1) is 28.8. The first-order chi connectivity index (χ1) is 18.6. The molecular formula is C28H28N4O6S. The number of carbonyl (C=O) groups excluding carboxylic acids is 2. The lowest BCUT2D eigenvalue weighted by Gasteiger charge is -2.21. The Morgan fingerprint density at radius 3 is 2.21 bits per heavy atom. The van der Waals surface area contributed by atoms with Crippen molar-refractivity contribution in [2.24, 2.45) is 0 Å². The summed E-state index contributed by atoms with van der Waals surface area (Å²) in [7, 11) is -2.69. The van der Waals surface area contributed by atoms with Gasteiger partial charge in [0.1, 0.15) is 0 Å². The number of amides is 2. The predicted molar refractivity (Wildman–Crippen MR) is 149 cm³/mol. The summed E-state index contributed by atoms with van der Waals surface area (Å²) in [5.41, 5.74) is 9.81. The van der Waals surface area contributed by atoms with Crippen LogP contribution in [-0.4, -0.2) is 37.1 Å². The fourth-order valence-electron chi connectivity index (χ4n) is 3.34. The molecule has 10 nitrogen and oxygen atoms in total. The van der Waals surface area contributed by atoms with Crippen molar-refractivity contribution in [3.63, 3.8) is 0 Å². The average molecular weight is 549 g/mol. The number of para-hydroxylation sites is 2. The second-order valence-electron chi connectivity index (χ2n) is 8.29. The van der Waals surface area contributed by atoms with E-state index in [0.29, 0.717) is 22.6 Å². The average Bonchev–Trinajstić information content (AvgIpc) is 2.93. The summed E-state index contributed by atoms with van der Waals surface area (Å²) in [6, 6.07) is 23.5. The van der Waals surface area contributed by atoms with Crippen LogP contribution in [0.4, 0.5) is 21.9 Å². The minimum absolute atomic E-state index is 0.0666. The van der Waals surface area contributed by atoms with Crippen molar-refractivity contribution in [3.8, 4) is 0 Å². The molecule has 4 N–H and O–H groups in total. The van der Waals surface area contributed by atoms with Crippen molar-refractivity contribution in [1.82, 2.24) is 4.98 Å². The molecule has 39 heavy (non-hydrogen) atoms. The third kappa shape index (κ3) is 8.38. The van der Waals surface area contributed by atoms with Crippen molar-refractivity contribution in [1.29, 1.82) is 0 Å². The number of anilines is 3. The van der Waals surface area contributed by atoms with E-state index in [-0.39, 0.29) is 17.3 Å². The van der Waals surface area contributed by atoms with Gasteiger partial charge in [-0.2, -0.15) is 8.42 Å². The van der Waals surface area contributed by atoms with Gasteiger partial charge in [0.2, 0.25) is 0 Å². The van der Waals surface area contributed by atoms with Crippen molar-refractivity contribution in [3.05, 3.63) is 114 Å². The standard InChI is InChI=1S/C21H20N4O3.C7H8O3S/c1-28-21(27)25(17-5-4-12-23-13-17)14-15-8-10-16(11-9-15)20(26)24-19-7-3-2-6-18(19)22;1-6-2-4-7(5-3-6)11(8,9)10/h2-13H,14,22H2,1H3,(H,24,26);2-5H,1H3,(H,8,9,10). The Balaban J connectivity index is 0.000000320. The van der Waals surface area contributed by atoms with E-state index in [9.17, 15) is 18.0 Å². The third-order valence-corrected chi connectivity index (χ3v) is 6.31. The van der Waals surface area contributed by atoms with Gasteiger partial charge in [-0.15, -0.1) is 0 Å². The van der Waals surface area contributed by atoms with Crippen molar-refractivity contribution in [2.45, 2.75) is 18.4 Å². The second-order valence-corrected chi connectivity index (χ2v) is 9.72. The van der Waals surface area contributed by atoms with Gasteiger partial charge in [-0.05, 0) is 61.0 Å². The van der Waals surface area contributed by atoms with Gasteiger partial charge in [-0.3, -0.25) is 19.2 Å². The number of methoxy groups -OCH3 is 1. The highest BCUT2D eigenvalue weighted by Gasteiger charge is 2.17. The van der Waals surface area contributed by atoms with E-state index >= 15 is 0 Å². The number of aryl methyl sites for hydroxylation is 1. The van der Waals surface area contributed by atoms with Crippen LogP contribution in [0.1, 0.15) is 21.5 Å². The number of nitrogens with one attached hydrogen (secondary N) is 1. The Morgan fingerprint density at radius 1 is 0.974 bits per heavy atom. The minimum Gasteiger partial charge on any atom is -0.452 e. The highest BCUT2D eigenvalue weighted by Crippen LogP contribution is 2.20. The van der Waals surface area contributed by atoms with Crippen LogP contribution >= 0.6 is 0 Å². The number of nitrogens with zero attached hydrogens (tertiary/aromatic N) is 2. The largest absolute Gasteiger partial charge is 0.452 e. The minimum atomic E-state index is -4.02. The van der Waals surface area contributed by atoms with Gasteiger partial charge in [0, 0.05) is 11.8 Å². The molecule has 3 aromatic carbocycles. The molecule has 0 atom stereocenters. The maximum absolute atomic E-state index is 12.4. The van der Waals surface area contributed by atoms with Crippen LogP contribution in [0.2, 0.25) is 0 Å². The van der Waals surface area contributed by atoms with E-state index in [4.69, 9.17) is 15.0 Å². The summed E-state index contributed by atoms with van der Waals surface area (Å²) in [4.78, 5) is 30.0. The van der Waals surface area contributed by atoms with Crippen LogP contribution in [0.15, 0.2) is 102 Å². The number of benzene rings is 3. The molecule has 1 heterocycles. The van der Waals surface area contributed by atoms with Crippen molar-refractivity contribution < 1.29 is 27.3 Å².